The maximum atomic E-state index is 13.0. The van der Waals surface area contributed by atoms with Crippen molar-refractivity contribution in [1.82, 2.24) is 19.2 Å². The van der Waals surface area contributed by atoms with Crippen LogP contribution in [-0.4, -0.2) is 47.3 Å². The predicted molar refractivity (Wildman–Crippen MR) is 111 cm³/mol. The monoisotopic (exact) mass is 420 g/mol. The Balaban J connectivity index is 1.91. The Hall–Kier alpha value is -2.26. The normalized spacial score (nSPS) is 17.3. The summed E-state index contributed by atoms with van der Waals surface area (Å²) in [4.78, 5) is 29.3. The summed E-state index contributed by atoms with van der Waals surface area (Å²) in [6, 6.07) is 4.42. The summed E-state index contributed by atoms with van der Waals surface area (Å²) in [5.41, 5.74) is -0.0292. The van der Waals surface area contributed by atoms with E-state index in [9.17, 15) is 18.0 Å². The van der Waals surface area contributed by atoms with Gasteiger partial charge in [-0.2, -0.15) is 4.31 Å². The molecular formula is C20H28N4O4S. The first-order valence-corrected chi connectivity index (χ1v) is 11.4. The SMILES string of the molecule is CCC(C)NC(=O)Cn1cnc2ccc(S(=O)(=O)N3CCC(C)CC3)cc2c1=O. The molecule has 0 bridgehead atoms. The number of carbonyl (C=O) groups excluding carboxylic acids is 1. The smallest absolute Gasteiger partial charge is 0.261 e. The maximum Gasteiger partial charge on any atom is 0.261 e. The van der Waals surface area contributed by atoms with Crippen molar-refractivity contribution in [1.29, 1.82) is 0 Å². The van der Waals surface area contributed by atoms with E-state index in [-0.39, 0.29) is 28.8 Å². The highest BCUT2D eigenvalue weighted by Gasteiger charge is 2.28. The van der Waals surface area contributed by atoms with Gasteiger partial charge in [0.2, 0.25) is 15.9 Å². The summed E-state index contributed by atoms with van der Waals surface area (Å²) < 4.78 is 28.7. The minimum Gasteiger partial charge on any atom is -0.352 e. The van der Waals surface area contributed by atoms with Gasteiger partial charge < -0.3 is 5.32 Å². The number of benzene rings is 1. The Bertz CT molecular complexity index is 1060. The molecule has 1 fully saturated rings. The lowest BCUT2D eigenvalue weighted by atomic mass is 10.0. The summed E-state index contributed by atoms with van der Waals surface area (Å²) in [5, 5.41) is 3.00. The third kappa shape index (κ3) is 4.67. The minimum absolute atomic E-state index is 0.00984. The number of nitrogens with zero attached hydrogens (tertiary/aromatic N) is 3. The van der Waals surface area contributed by atoms with Crippen LogP contribution in [-0.2, 0) is 21.4 Å². The number of nitrogens with one attached hydrogen (secondary N) is 1. The van der Waals surface area contributed by atoms with Crippen LogP contribution in [0.15, 0.2) is 34.2 Å². The number of carbonyl (C=O) groups is 1. The summed E-state index contributed by atoms with van der Waals surface area (Å²) >= 11 is 0. The molecule has 1 saturated heterocycles. The number of hydrogen-bond acceptors (Lipinski definition) is 5. The standard InChI is InChI=1S/C20H28N4O4S/c1-4-15(3)22-19(25)12-23-13-21-18-6-5-16(11-17(18)20(23)26)29(27,28)24-9-7-14(2)8-10-24/h5-6,11,13-15H,4,7-10,12H2,1-3H3,(H,22,25). The average Bonchev–Trinajstić information content (AvgIpc) is 2.70. The van der Waals surface area contributed by atoms with Crippen molar-refractivity contribution in [2.24, 2.45) is 5.92 Å². The number of rotatable bonds is 6. The van der Waals surface area contributed by atoms with Crippen molar-refractivity contribution in [3.05, 3.63) is 34.9 Å². The fourth-order valence-electron chi connectivity index (χ4n) is 3.36. The molecule has 1 aromatic carbocycles. The number of hydrogen-bond donors (Lipinski definition) is 1. The summed E-state index contributed by atoms with van der Waals surface area (Å²) in [7, 11) is -3.67. The van der Waals surface area contributed by atoms with Crippen LogP contribution in [0.5, 0.6) is 0 Å². The van der Waals surface area contributed by atoms with E-state index in [4.69, 9.17) is 0 Å². The topological polar surface area (TPSA) is 101 Å². The molecule has 1 aliphatic rings. The van der Waals surface area contributed by atoms with Crippen LogP contribution in [0.4, 0.5) is 0 Å². The van der Waals surface area contributed by atoms with Gasteiger partial charge in [-0.3, -0.25) is 14.2 Å². The van der Waals surface area contributed by atoms with Gasteiger partial charge in [0.15, 0.2) is 0 Å². The maximum absolute atomic E-state index is 13.0. The van der Waals surface area contributed by atoms with Crippen molar-refractivity contribution in [2.45, 2.75) is 57.5 Å². The van der Waals surface area contributed by atoms with E-state index in [0.717, 1.165) is 19.3 Å². The van der Waals surface area contributed by atoms with Crippen LogP contribution >= 0.6 is 0 Å². The lowest BCUT2D eigenvalue weighted by Gasteiger charge is -2.29. The lowest BCUT2D eigenvalue weighted by molar-refractivity contribution is -0.122. The molecule has 9 heteroatoms. The Labute approximate surface area is 171 Å². The molecule has 29 heavy (non-hydrogen) atoms. The molecule has 0 radical (unpaired) electrons. The van der Waals surface area contributed by atoms with Crippen LogP contribution in [0.25, 0.3) is 10.9 Å². The summed E-state index contributed by atoms with van der Waals surface area (Å²) in [6.45, 7) is 6.76. The van der Waals surface area contributed by atoms with Crippen molar-refractivity contribution in [2.75, 3.05) is 13.1 Å². The van der Waals surface area contributed by atoms with Gasteiger partial charge >= 0.3 is 0 Å². The fourth-order valence-corrected chi connectivity index (χ4v) is 4.86. The quantitative estimate of drug-likeness (QED) is 0.767. The Morgan fingerprint density at radius 3 is 2.66 bits per heavy atom. The van der Waals surface area contributed by atoms with Crippen molar-refractivity contribution in [3.63, 3.8) is 0 Å². The van der Waals surface area contributed by atoms with E-state index in [1.54, 1.807) is 6.07 Å². The molecule has 0 spiro atoms. The Kier molecular flexibility index (Phi) is 6.38. The van der Waals surface area contributed by atoms with Gasteiger partial charge in [0.05, 0.1) is 22.1 Å². The second-order valence-electron chi connectivity index (χ2n) is 7.82. The zero-order valence-corrected chi connectivity index (χ0v) is 17.9. The molecule has 3 rings (SSSR count). The second kappa shape index (κ2) is 8.62. The van der Waals surface area contributed by atoms with Crippen LogP contribution in [0.1, 0.15) is 40.0 Å². The van der Waals surface area contributed by atoms with Gasteiger partial charge in [-0.05, 0) is 50.3 Å². The van der Waals surface area contributed by atoms with Crippen LogP contribution in [0, 0.1) is 5.92 Å². The van der Waals surface area contributed by atoms with Gasteiger partial charge in [0.1, 0.15) is 6.54 Å². The van der Waals surface area contributed by atoms with Gasteiger partial charge in [-0.25, -0.2) is 13.4 Å². The third-order valence-corrected chi connectivity index (χ3v) is 7.40. The third-order valence-electron chi connectivity index (χ3n) is 5.51. The van der Waals surface area contributed by atoms with E-state index in [1.807, 2.05) is 13.8 Å². The molecule has 2 aromatic rings. The molecule has 0 saturated carbocycles. The summed E-state index contributed by atoms with van der Waals surface area (Å²) in [6.07, 6.45) is 3.76. The molecule has 158 valence electrons. The van der Waals surface area contributed by atoms with Gasteiger partial charge in [-0.1, -0.05) is 13.8 Å². The van der Waals surface area contributed by atoms with E-state index in [1.165, 1.54) is 27.3 Å². The van der Waals surface area contributed by atoms with Crippen molar-refractivity contribution >= 4 is 26.8 Å². The van der Waals surface area contributed by atoms with E-state index in [0.29, 0.717) is 24.5 Å². The number of fused-ring (bicyclic) bond motifs is 1. The largest absolute Gasteiger partial charge is 0.352 e. The number of amides is 1. The number of sulfonamides is 1. The molecule has 1 amide bonds. The van der Waals surface area contributed by atoms with E-state index < -0.39 is 15.6 Å². The minimum atomic E-state index is -3.67. The molecule has 1 aromatic heterocycles. The molecule has 1 unspecified atom stereocenters. The molecular weight excluding hydrogens is 392 g/mol. The van der Waals surface area contributed by atoms with Crippen molar-refractivity contribution < 1.29 is 13.2 Å². The van der Waals surface area contributed by atoms with E-state index in [2.05, 4.69) is 17.2 Å². The highest BCUT2D eigenvalue weighted by Crippen LogP contribution is 2.24. The van der Waals surface area contributed by atoms with E-state index >= 15 is 0 Å². The molecule has 1 N–H and O–H groups in total. The average molecular weight is 421 g/mol. The van der Waals surface area contributed by atoms with Crippen LogP contribution in [0.2, 0.25) is 0 Å². The molecule has 8 nitrogen and oxygen atoms in total. The predicted octanol–water partition coefficient (Wildman–Crippen LogP) is 1.73. The van der Waals surface area contributed by atoms with Gasteiger partial charge in [0, 0.05) is 19.1 Å². The molecule has 0 aliphatic carbocycles. The number of aromatic nitrogens is 2. The van der Waals surface area contributed by atoms with Crippen molar-refractivity contribution in [3.8, 4) is 0 Å². The first kappa shape index (κ1) is 21.4. The Morgan fingerprint density at radius 2 is 2.00 bits per heavy atom. The molecule has 2 heterocycles. The molecule has 1 atom stereocenters. The highest BCUT2D eigenvalue weighted by molar-refractivity contribution is 7.89. The summed E-state index contributed by atoms with van der Waals surface area (Å²) in [5.74, 6) is 0.227. The van der Waals surface area contributed by atoms with Crippen LogP contribution < -0.4 is 10.9 Å². The lowest BCUT2D eigenvalue weighted by Crippen LogP contribution is -2.38. The zero-order chi connectivity index (χ0) is 21.2. The Morgan fingerprint density at radius 1 is 1.31 bits per heavy atom. The fraction of sp³-hybridized carbons (Fsp3) is 0.550. The van der Waals surface area contributed by atoms with Gasteiger partial charge in [-0.15, -0.1) is 0 Å². The molecule has 1 aliphatic heterocycles. The first-order chi connectivity index (χ1) is 13.7. The van der Waals surface area contributed by atoms with Gasteiger partial charge in [0.25, 0.3) is 5.56 Å². The highest BCUT2D eigenvalue weighted by atomic mass is 32.2. The zero-order valence-electron chi connectivity index (χ0n) is 17.1. The van der Waals surface area contributed by atoms with Crippen LogP contribution in [0.3, 0.4) is 0 Å². The number of piperidine rings is 1. The second-order valence-corrected chi connectivity index (χ2v) is 9.76. The first-order valence-electron chi connectivity index (χ1n) is 10.0.